The Morgan fingerprint density at radius 2 is 2.12 bits per heavy atom. The third kappa shape index (κ3) is 4.14. The van der Waals surface area contributed by atoms with Crippen molar-refractivity contribution in [2.75, 3.05) is 6.61 Å². The molecule has 0 fully saturated rings. The van der Waals surface area contributed by atoms with Crippen LogP contribution in [0.3, 0.4) is 0 Å². The van der Waals surface area contributed by atoms with Crippen LogP contribution in [0.1, 0.15) is 25.5 Å². The summed E-state index contributed by atoms with van der Waals surface area (Å²) in [5.41, 5.74) is 0.768. The predicted octanol–water partition coefficient (Wildman–Crippen LogP) is 1.13. The lowest BCUT2D eigenvalue weighted by molar-refractivity contribution is -0.144. The molecule has 0 bridgehead atoms. The van der Waals surface area contributed by atoms with E-state index in [9.17, 15) is 14.4 Å². The summed E-state index contributed by atoms with van der Waals surface area (Å²) in [6.07, 6.45) is 0.186. The van der Waals surface area contributed by atoms with E-state index in [1.165, 1.54) is 4.57 Å². The summed E-state index contributed by atoms with van der Waals surface area (Å²) in [5, 5.41) is 1.71. The zero-order valence-corrected chi connectivity index (χ0v) is 10.7. The van der Waals surface area contributed by atoms with Crippen LogP contribution in [0, 0.1) is 6.92 Å². The second kappa shape index (κ2) is 6.34. The Morgan fingerprint density at radius 3 is 2.65 bits per heavy atom. The van der Waals surface area contributed by atoms with Crippen LogP contribution >= 0.6 is 11.3 Å². The Morgan fingerprint density at radius 1 is 1.41 bits per heavy atom. The fourth-order valence-corrected chi connectivity index (χ4v) is 2.06. The number of Topliss-reactive ketones (excluding diaryl/α,β-unsaturated/α-hetero) is 1. The lowest BCUT2D eigenvalue weighted by Crippen LogP contribution is -2.21. The first-order valence-corrected chi connectivity index (χ1v) is 6.24. The molecule has 0 aromatic carbocycles. The maximum atomic E-state index is 11.6. The number of aromatic nitrogens is 1. The first kappa shape index (κ1) is 13.6. The van der Waals surface area contributed by atoms with Gasteiger partial charge in [-0.05, 0) is 13.8 Å². The van der Waals surface area contributed by atoms with Gasteiger partial charge in [0.2, 0.25) is 0 Å². The number of ketones is 1. The molecule has 17 heavy (non-hydrogen) atoms. The van der Waals surface area contributed by atoms with E-state index >= 15 is 0 Å². The van der Waals surface area contributed by atoms with Crippen LogP contribution in [0.5, 0.6) is 0 Å². The lowest BCUT2D eigenvalue weighted by atomic mass is 10.2. The lowest BCUT2D eigenvalue weighted by Gasteiger charge is -2.03. The molecule has 0 spiro atoms. The normalized spacial score (nSPS) is 10.2. The first-order valence-electron chi connectivity index (χ1n) is 5.36. The molecule has 0 N–H and O–H groups in total. The molecule has 0 aliphatic carbocycles. The molecule has 0 amide bonds. The minimum Gasteiger partial charge on any atom is -0.466 e. The number of carbonyl (C=O) groups excluding carboxylic acids is 2. The number of hydrogen-bond acceptors (Lipinski definition) is 5. The van der Waals surface area contributed by atoms with Crippen LogP contribution in [0.25, 0.3) is 0 Å². The molecule has 0 aliphatic heterocycles. The van der Waals surface area contributed by atoms with E-state index in [0.717, 1.165) is 17.0 Å². The Labute approximate surface area is 103 Å². The molecule has 1 heterocycles. The zero-order chi connectivity index (χ0) is 12.8. The van der Waals surface area contributed by atoms with Gasteiger partial charge in [0.15, 0.2) is 5.78 Å². The van der Waals surface area contributed by atoms with Crippen LogP contribution < -0.4 is 4.87 Å². The largest absolute Gasteiger partial charge is 0.466 e. The maximum Gasteiger partial charge on any atom is 0.307 e. The predicted molar refractivity (Wildman–Crippen MR) is 64.2 cm³/mol. The van der Waals surface area contributed by atoms with Crippen LogP contribution in [0.2, 0.25) is 0 Å². The van der Waals surface area contributed by atoms with Gasteiger partial charge in [0.25, 0.3) is 0 Å². The molecule has 0 saturated carbocycles. The standard InChI is InChI=1S/C11H15NO4S/c1-3-16-10(14)5-4-9(13)6-12-8(2)7-17-11(12)15/h7H,3-6H2,1-2H3. The highest BCUT2D eigenvalue weighted by atomic mass is 32.1. The van der Waals surface area contributed by atoms with Gasteiger partial charge in [-0.15, -0.1) is 0 Å². The highest BCUT2D eigenvalue weighted by Gasteiger charge is 2.11. The van der Waals surface area contributed by atoms with Gasteiger partial charge < -0.3 is 4.74 Å². The Kier molecular flexibility index (Phi) is 5.09. The molecule has 6 heteroatoms. The van der Waals surface area contributed by atoms with Crippen molar-refractivity contribution in [1.29, 1.82) is 0 Å². The summed E-state index contributed by atoms with van der Waals surface area (Å²) >= 11 is 1.07. The molecule has 1 rings (SSSR count). The van der Waals surface area contributed by atoms with Crippen molar-refractivity contribution in [2.45, 2.75) is 33.2 Å². The van der Waals surface area contributed by atoms with Crippen molar-refractivity contribution in [3.05, 3.63) is 20.7 Å². The van der Waals surface area contributed by atoms with E-state index in [1.807, 2.05) is 0 Å². The van der Waals surface area contributed by atoms with Crippen molar-refractivity contribution in [2.24, 2.45) is 0 Å². The van der Waals surface area contributed by atoms with E-state index < -0.39 is 0 Å². The molecule has 0 unspecified atom stereocenters. The molecule has 0 atom stereocenters. The molecule has 94 valence electrons. The van der Waals surface area contributed by atoms with Gasteiger partial charge >= 0.3 is 10.8 Å². The second-order valence-electron chi connectivity index (χ2n) is 3.57. The van der Waals surface area contributed by atoms with Gasteiger partial charge in [0.05, 0.1) is 19.6 Å². The topological polar surface area (TPSA) is 65.4 Å². The average Bonchev–Trinajstić information content (AvgIpc) is 2.58. The van der Waals surface area contributed by atoms with Crippen LogP contribution in [0.4, 0.5) is 0 Å². The fraction of sp³-hybridized carbons (Fsp3) is 0.545. The van der Waals surface area contributed by atoms with E-state index in [2.05, 4.69) is 0 Å². The van der Waals surface area contributed by atoms with E-state index in [-0.39, 0.29) is 36.0 Å². The number of ether oxygens (including phenoxy) is 1. The third-order valence-corrected chi connectivity index (χ3v) is 3.11. The number of thiazole rings is 1. The number of nitrogens with zero attached hydrogens (tertiary/aromatic N) is 1. The maximum absolute atomic E-state index is 11.6. The minimum absolute atomic E-state index is 0.0353. The Hall–Kier alpha value is -1.43. The molecule has 1 aromatic rings. The molecule has 0 aliphatic rings. The SMILES string of the molecule is CCOC(=O)CCC(=O)Cn1c(C)csc1=O. The summed E-state index contributed by atoms with van der Waals surface area (Å²) < 4.78 is 6.13. The van der Waals surface area contributed by atoms with Gasteiger partial charge in [-0.2, -0.15) is 0 Å². The van der Waals surface area contributed by atoms with E-state index in [1.54, 1.807) is 19.2 Å². The first-order chi connectivity index (χ1) is 8.04. The quantitative estimate of drug-likeness (QED) is 0.717. The molecule has 0 radical (unpaired) electrons. The number of aryl methyl sites for hydroxylation is 1. The highest BCUT2D eigenvalue weighted by Crippen LogP contribution is 2.02. The summed E-state index contributed by atoms with van der Waals surface area (Å²) in [4.78, 5) is 33.8. The van der Waals surface area contributed by atoms with Crippen LogP contribution in [-0.4, -0.2) is 22.9 Å². The highest BCUT2D eigenvalue weighted by molar-refractivity contribution is 7.07. The Balaban J connectivity index is 2.46. The molecular weight excluding hydrogens is 242 g/mol. The third-order valence-electron chi connectivity index (χ3n) is 2.22. The number of esters is 1. The number of rotatable bonds is 6. The monoisotopic (exact) mass is 257 g/mol. The van der Waals surface area contributed by atoms with Crippen molar-refractivity contribution in [3.63, 3.8) is 0 Å². The number of hydrogen-bond donors (Lipinski definition) is 0. The van der Waals surface area contributed by atoms with E-state index in [4.69, 9.17) is 4.74 Å². The summed E-state index contributed by atoms with van der Waals surface area (Å²) in [6, 6.07) is 0. The van der Waals surface area contributed by atoms with E-state index in [0.29, 0.717) is 6.61 Å². The Bertz CT molecular complexity index is 460. The molecule has 5 nitrogen and oxygen atoms in total. The minimum atomic E-state index is -0.379. The van der Waals surface area contributed by atoms with Gasteiger partial charge in [-0.25, -0.2) is 0 Å². The second-order valence-corrected chi connectivity index (χ2v) is 4.39. The number of carbonyl (C=O) groups is 2. The van der Waals surface area contributed by atoms with Crippen molar-refractivity contribution < 1.29 is 14.3 Å². The van der Waals surface area contributed by atoms with Crippen LogP contribution in [-0.2, 0) is 20.9 Å². The van der Waals surface area contributed by atoms with Gasteiger partial charge in [-0.1, -0.05) is 11.3 Å². The van der Waals surface area contributed by atoms with Gasteiger partial charge in [0.1, 0.15) is 0 Å². The zero-order valence-electron chi connectivity index (χ0n) is 9.89. The average molecular weight is 257 g/mol. The van der Waals surface area contributed by atoms with Crippen molar-refractivity contribution in [1.82, 2.24) is 4.57 Å². The fourth-order valence-electron chi connectivity index (χ4n) is 1.33. The summed E-state index contributed by atoms with van der Waals surface area (Å²) in [5.74, 6) is -0.517. The summed E-state index contributed by atoms with van der Waals surface area (Å²) in [7, 11) is 0. The van der Waals surface area contributed by atoms with Crippen LogP contribution in [0.15, 0.2) is 10.2 Å². The smallest absolute Gasteiger partial charge is 0.307 e. The molecule has 1 aromatic heterocycles. The van der Waals surface area contributed by atoms with Gasteiger partial charge in [0, 0.05) is 17.5 Å². The van der Waals surface area contributed by atoms with Crippen molar-refractivity contribution >= 4 is 23.1 Å². The molecule has 0 saturated heterocycles. The van der Waals surface area contributed by atoms with Crippen molar-refractivity contribution in [3.8, 4) is 0 Å². The van der Waals surface area contributed by atoms with Gasteiger partial charge in [-0.3, -0.25) is 19.0 Å². The molecular formula is C11H15NO4S. The summed E-state index contributed by atoms with van der Waals surface area (Å²) in [6.45, 7) is 3.84.